The number of hydrogen-bond acceptors (Lipinski definition) is 3. The number of rotatable bonds is 3. The van der Waals surface area contributed by atoms with Crippen LogP contribution in [-0.2, 0) is 6.42 Å². The van der Waals surface area contributed by atoms with Crippen LogP contribution in [0.1, 0.15) is 37.4 Å². The van der Waals surface area contributed by atoms with Gasteiger partial charge in [-0.1, -0.05) is 6.92 Å². The number of nitrogens with zero attached hydrogens (tertiary/aromatic N) is 1. The van der Waals surface area contributed by atoms with Crippen LogP contribution in [0.4, 0.5) is 0 Å². The molecule has 1 N–H and O–H groups in total. The summed E-state index contributed by atoms with van der Waals surface area (Å²) < 4.78 is 5.42. The highest BCUT2D eigenvalue weighted by Gasteiger charge is 2.51. The summed E-state index contributed by atoms with van der Waals surface area (Å²) in [4.78, 5) is 0. The molecule has 0 amide bonds. The lowest BCUT2D eigenvalue weighted by molar-refractivity contribution is 0.0972. The molecular formula is C11H13NO2. The summed E-state index contributed by atoms with van der Waals surface area (Å²) in [6.07, 6.45) is 1.60. The maximum absolute atomic E-state index is 9.90. The van der Waals surface area contributed by atoms with Gasteiger partial charge in [-0.2, -0.15) is 5.26 Å². The fourth-order valence-corrected chi connectivity index (χ4v) is 1.58. The molecule has 1 saturated carbocycles. The van der Waals surface area contributed by atoms with Crippen molar-refractivity contribution in [3.63, 3.8) is 0 Å². The van der Waals surface area contributed by atoms with Crippen molar-refractivity contribution >= 4 is 0 Å². The van der Waals surface area contributed by atoms with Gasteiger partial charge in [0, 0.05) is 6.42 Å². The molecule has 1 aliphatic rings. The molecule has 0 spiro atoms. The summed E-state index contributed by atoms with van der Waals surface area (Å²) in [5.41, 5.74) is -0.567. The van der Waals surface area contributed by atoms with Crippen molar-refractivity contribution in [3.8, 4) is 6.07 Å². The number of nitriles is 1. The highest BCUT2D eigenvalue weighted by Crippen LogP contribution is 2.54. The molecule has 14 heavy (non-hydrogen) atoms. The summed E-state index contributed by atoms with van der Waals surface area (Å²) >= 11 is 0. The van der Waals surface area contributed by atoms with Crippen molar-refractivity contribution in [2.75, 3.05) is 0 Å². The lowest BCUT2D eigenvalue weighted by atomic mass is 9.99. The zero-order chi connectivity index (χ0) is 10.2. The van der Waals surface area contributed by atoms with Crippen LogP contribution in [0.5, 0.6) is 0 Å². The Morgan fingerprint density at radius 2 is 2.36 bits per heavy atom. The van der Waals surface area contributed by atoms with Gasteiger partial charge in [0.05, 0.1) is 11.5 Å². The molecule has 2 rings (SSSR count). The van der Waals surface area contributed by atoms with Gasteiger partial charge in [-0.3, -0.25) is 0 Å². The Kier molecular flexibility index (Phi) is 2.09. The number of aryl methyl sites for hydroxylation is 1. The fraction of sp³-hybridized carbons (Fsp3) is 0.545. The van der Waals surface area contributed by atoms with E-state index in [-0.39, 0.29) is 0 Å². The lowest BCUT2D eigenvalue weighted by Gasteiger charge is -2.11. The Morgan fingerprint density at radius 3 is 2.79 bits per heavy atom. The molecule has 74 valence electrons. The molecule has 1 atom stereocenters. The van der Waals surface area contributed by atoms with Crippen LogP contribution < -0.4 is 0 Å². The van der Waals surface area contributed by atoms with E-state index in [2.05, 4.69) is 6.07 Å². The summed E-state index contributed by atoms with van der Waals surface area (Å²) in [6.45, 7) is 1.99. The third-order valence-corrected chi connectivity index (χ3v) is 2.84. The molecule has 1 fully saturated rings. The standard InChI is InChI=1S/C11H13NO2/c1-2-8-3-4-9(14-8)10(13)11(7-12)5-6-11/h3-4,10,13H,2,5-6H2,1H3. The van der Waals surface area contributed by atoms with Gasteiger partial charge in [-0.05, 0) is 25.0 Å². The van der Waals surface area contributed by atoms with Crippen LogP contribution in [0.15, 0.2) is 16.5 Å². The number of aliphatic hydroxyl groups excluding tert-OH is 1. The normalized spacial score (nSPS) is 20.1. The van der Waals surface area contributed by atoms with Crippen LogP contribution in [0, 0.1) is 16.7 Å². The van der Waals surface area contributed by atoms with E-state index in [9.17, 15) is 5.11 Å². The monoisotopic (exact) mass is 191 g/mol. The number of furan rings is 1. The zero-order valence-corrected chi connectivity index (χ0v) is 8.16. The topological polar surface area (TPSA) is 57.2 Å². The van der Waals surface area contributed by atoms with E-state index in [4.69, 9.17) is 9.68 Å². The van der Waals surface area contributed by atoms with Crippen molar-refractivity contribution in [3.05, 3.63) is 23.7 Å². The highest BCUT2D eigenvalue weighted by atomic mass is 16.4. The zero-order valence-electron chi connectivity index (χ0n) is 8.16. The molecular weight excluding hydrogens is 178 g/mol. The third kappa shape index (κ3) is 1.32. The second-order valence-electron chi connectivity index (χ2n) is 3.83. The summed E-state index contributed by atoms with van der Waals surface area (Å²) in [5.74, 6) is 1.38. The lowest BCUT2D eigenvalue weighted by Crippen LogP contribution is -2.10. The Bertz CT molecular complexity index is 371. The van der Waals surface area contributed by atoms with Crippen molar-refractivity contribution in [1.29, 1.82) is 5.26 Å². The first-order chi connectivity index (χ1) is 6.72. The number of aliphatic hydroxyl groups is 1. The molecule has 0 saturated heterocycles. The van der Waals surface area contributed by atoms with Gasteiger partial charge in [0.15, 0.2) is 0 Å². The molecule has 0 aliphatic heterocycles. The van der Waals surface area contributed by atoms with Crippen molar-refractivity contribution in [1.82, 2.24) is 0 Å². The minimum atomic E-state index is -0.757. The van der Waals surface area contributed by atoms with Gasteiger partial charge in [-0.15, -0.1) is 0 Å². The molecule has 0 radical (unpaired) electrons. The van der Waals surface area contributed by atoms with Crippen LogP contribution in [0.25, 0.3) is 0 Å². The average molecular weight is 191 g/mol. The van der Waals surface area contributed by atoms with Crippen molar-refractivity contribution in [2.45, 2.75) is 32.3 Å². The van der Waals surface area contributed by atoms with E-state index < -0.39 is 11.5 Å². The van der Waals surface area contributed by atoms with Crippen LogP contribution in [0.3, 0.4) is 0 Å². The highest BCUT2D eigenvalue weighted by molar-refractivity contribution is 5.21. The Labute approximate surface area is 83.0 Å². The largest absolute Gasteiger partial charge is 0.463 e. The predicted molar refractivity (Wildman–Crippen MR) is 50.3 cm³/mol. The molecule has 3 nitrogen and oxygen atoms in total. The molecule has 1 unspecified atom stereocenters. The molecule has 1 heterocycles. The first kappa shape index (κ1) is 9.29. The van der Waals surface area contributed by atoms with E-state index in [1.165, 1.54) is 0 Å². The van der Waals surface area contributed by atoms with Gasteiger partial charge in [0.25, 0.3) is 0 Å². The Balaban J connectivity index is 2.19. The number of hydrogen-bond donors (Lipinski definition) is 1. The quantitative estimate of drug-likeness (QED) is 0.796. The van der Waals surface area contributed by atoms with Gasteiger partial charge in [0.1, 0.15) is 17.6 Å². The van der Waals surface area contributed by atoms with E-state index in [1.54, 1.807) is 6.07 Å². The molecule has 0 aromatic carbocycles. The van der Waals surface area contributed by atoms with Crippen molar-refractivity contribution < 1.29 is 9.52 Å². The summed E-state index contributed by atoms with van der Waals surface area (Å²) in [5, 5.41) is 18.8. The van der Waals surface area contributed by atoms with Gasteiger partial charge < -0.3 is 9.52 Å². The molecule has 3 heteroatoms. The fourth-order valence-electron chi connectivity index (χ4n) is 1.58. The van der Waals surface area contributed by atoms with E-state index in [1.807, 2.05) is 13.0 Å². The maximum atomic E-state index is 9.90. The summed E-state index contributed by atoms with van der Waals surface area (Å²) in [7, 11) is 0. The van der Waals surface area contributed by atoms with Gasteiger partial charge >= 0.3 is 0 Å². The van der Waals surface area contributed by atoms with Crippen molar-refractivity contribution in [2.24, 2.45) is 5.41 Å². The Morgan fingerprint density at radius 1 is 1.64 bits per heavy atom. The minimum absolute atomic E-state index is 0.529. The van der Waals surface area contributed by atoms with Crippen LogP contribution in [-0.4, -0.2) is 5.11 Å². The SMILES string of the molecule is CCc1ccc(C(O)C2(C#N)CC2)o1. The average Bonchev–Trinajstić information content (AvgIpc) is 2.88. The van der Waals surface area contributed by atoms with Crippen LogP contribution >= 0.6 is 0 Å². The molecule has 1 aromatic heterocycles. The first-order valence-corrected chi connectivity index (χ1v) is 4.90. The maximum Gasteiger partial charge on any atom is 0.134 e. The second-order valence-corrected chi connectivity index (χ2v) is 3.83. The molecule has 1 aliphatic carbocycles. The Hall–Kier alpha value is -1.27. The van der Waals surface area contributed by atoms with E-state index in [0.29, 0.717) is 5.76 Å². The van der Waals surface area contributed by atoms with E-state index in [0.717, 1.165) is 25.0 Å². The third-order valence-electron chi connectivity index (χ3n) is 2.84. The van der Waals surface area contributed by atoms with Gasteiger partial charge in [-0.25, -0.2) is 0 Å². The smallest absolute Gasteiger partial charge is 0.134 e. The summed E-state index contributed by atoms with van der Waals surface area (Å²) in [6, 6.07) is 5.79. The first-order valence-electron chi connectivity index (χ1n) is 4.90. The van der Waals surface area contributed by atoms with Gasteiger partial charge in [0.2, 0.25) is 0 Å². The predicted octanol–water partition coefficient (Wildman–Crippen LogP) is 2.18. The minimum Gasteiger partial charge on any atom is -0.463 e. The molecule has 1 aromatic rings. The van der Waals surface area contributed by atoms with Crippen LogP contribution in [0.2, 0.25) is 0 Å². The second kappa shape index (κ2) is 3.14. The molecule has 0 bridgehead atoms. The van der Waals surface area contributed by atoms with E-state index >= 15 is 0 Å².